The van der Waals surface area contributed by atoms with Gasteiger partial charge in [-0.1, -0.05) is 0 Å². The Balaban J connectivity index is 2.35. The molecular formula is C11H14BrNO2. The molecule has 1 aliphatic rings. The minimum atomic E-state index is 0.413. The standard InChI is InChI=1S/C11H14BrNO2/c1-14-9-3-8-2-7(5-13)6-15-11(8)10(12)4-9/h3-4,7H,2,5-6,13H2,1H3. The van der Waals surface area contributed by atoms with Gasteiger partial charge in [0, 0.05) is 5.92 Å². The van der Waals surface area contributed by atoms with E-state index in [0.717, 1.165) is 22.4 Å². The first-order valence-corrected chi connectivity index (χ1v) is 5.73. The molecule has 0 aromatic heterocycles. The number of rotatable bonds is 2. The summed E-state index contributed by atoms with van der Waals surface area (Å²) in [5.41, 5.74) is 6.82. The molecule has 0 bridgehead atoms. The van der Waals surface area contributed by atoms with Crippen LogP contribution in [-0.2, 0) is 6.42 Å². The van der Waals surface area contributed by atoms with Crippen molar-refractivity contribution in [1.82, 2.24) is 0 Å². The number of nitrogens with two attached hydrogens (primary N) is 1. The summed E-state index contributed by atoms with van der Waals surface area (Å²) in [7, 11) is 1.66. The van der Waals surface area contributed by atoms with Crippen molar-refractivity contribution < 1.29 is 9.47 Å². The fraction of sp³-hybridized carbons (Fsp3) is 0.455. The van der Waals surface area contributed by atoms with E-state index >= 15 is 0 Å². The maximum Gasteiger partial charge on any atom is 0.136 e. The molecule has 1 unspecified atom stereocenters. The molecule has 0 spiro atoms. The third-order valence-electron chi connectivity index (χ3n) is 2.64. The van der Waals surface area contributed by atoms with E-state index in [1.807, 2.05) is 12.1 Å². The molecule has 1 atom stereocenters. The summed E-state index contributed by atoms with van der Waals surface area (Å²) < 4.78 is 11.8. The Morgan fingerprint density at radius 2 is 2.40 bits per heavy atom. The topological polar surface area (TPSA) is 44.5 Å². The molecule has 1 aromatic carbocycles. The molecule has 1 heterocycles. The van der Waals surface area contributed by atoms with E-state index in [2.05, 4.69) is 15.9 Å². The molecule has 2 N–H and O–H groups in total. The number of ether oxygens (including phenoxy) is 2. The van der Waals surface area contributed by atoms with E-state index in [9.17, 15) is 0 Å². The lowest BCUT2D eigenvalue weighted by Crippen LogP contribution is -2.27. The minimum absolute atomic E-state index is 0.413. The van der Waals surface area contributed by atoms with Gasteiger partial charge in [-0.2, -0.15) is 0 Å². The van der Waals surface area contributed by atoms with Gasteiger partial charge in [-0.3, -0.25) is 0 Å². The van der Waals surface area contributed by atoms with Gasteiger partial charge in [0.05, 0.1) is 18.2 Å². The average Bonchev–Trinajstić information content (AvgIpc) is 2.28. The van der Waals surface area contributed by atoms with E-state index < -0.39 is 0 Å². The highest BCUT2D eigenvalue weighted by atomic mass is 79.9. The van der Waals surface area contributed by atoms with Crippen LogP contribution in [0.1, 0.15) is 5.56 Å². The fourth-order valence-electron chi connectivity index (χ4n) is 1.78. The maximum absolute atomic E-state index is 5.67. The number of methoxy groups -OCH3 is 1. The molecule has 0 amide bonds. The highest BCUT2D eigenvalue weighted by Crippen LogP contribution is 2.37. The van der Waals surface area contributed by atoms with Gasteiger partial charge in [-0.05, 0) is 46.6 Å². The van der Waals surface area contributed by atoms with Crippen molar-refractivity contribution in [1.29, 1.82) is 0 Å². The highest BCUT2D eigenvalue weighted by molar-refractivity contribution is 9.10. The van der Waals surface area contributed by atoms with Gasteiger partial charge in [0.1, 0.15) is 11.5 Å². The number of benzene rings is 1. The zero-order valence-corrected chi connectivity index (χ0v) is 10.2. The Morgan fingerprint density at radius 1 is 1.60 bits per heavy atom. The lowest BCUT2D eigenvalue weighted by Gasteiger charge is -2.25. The Kier molecular flexibility index (Phi) is 3.17. The van der Waals surface area contributed by atoms with Gasteiger partial charge in [-0.25, -0.2) is 0 Å². The first-order chi connectivity index (χ1) is 7.24. The SMILES string of the molecule is COc1cc(Br)c2c(c1)CC(CN)CO2. The molecule has 4 heteroatoms. The Morgan fingerprint density at radius 3 is 3.07 bits per heavy atom. The largest absolute Gasteiger partial charge is 0.497 e. The van der Waals surface area contributed by atoms with Gasteiger partial charge < -0.3 is 15.2 Å². The van der Waals surface area contributed by atoms with Gasteiger partial charge in [0.2, 0.25) is 0 Å². The predicted molar refractivity (Wildman–Crippen MR) is 62.4 cm³/mol. The average molecular weight is 272 g/mol. The second-order valence-electron chi connectivity index (χ2n) is 3.71. The molecule has 2 rings (SSSR count). The van der Waals surface area contributed by atoms with Crippen LogP contribution in [0.2, 0.25) is 0 Å². The molecule has 0 fully saturated rings. The normalized spacial score (nSPS) is 19.3. The van der Waals surface area contributed by atoms with Gasteiger partial charge in [0.15, 0.2) is 0 Å². The number of hydrogen-bond acceptors (Lipinski definition) is 3. The van der Waals surface area contributed by atoms with Crippen molar-refractivity contribution in [2.45, 2.75) is 6.42 Å². The Bertz CT molecular complexity index is 368. The summed E-state index contributed by atoms with van der Waals surface area (Å²) in [5.74, 6) is 2.19. The van der Waals surface area contributed by atoms with E-state index in [4.69, 9.17) is 15.2 Å². The monoisotopic (exact) mass is 271 g/mol. The smallest absolute Gasteiger partial charge is 0.136 e. The molecule has 0 saturated heterocycles. The lowest BCUT2D eigenvalue weighted by molar-refractivity contribution is 0.224. The van der Waals surface area contributed by atoms with Crippen LogP contribution in [0.3, 0.4) is 0 Å². The maximum atomic E-state index is 5.67. The highest BCUT2D eigenvalue weighted by Gasteiger charge is 2.21. The van der Waals surface area contributed by atoms with Crippen LogP contribution in [-0.4, -0.2) is 20.3 Å². The van der Waals surface area contributed by atoms with Crippen LogP contribution in [0.25, 0.3) is 0 Å². The quantitative estimate of drug-likeness (QED) is 0.895. The zero-order valence-electron chi connectivity index (χ0n) is 8.63. The molecule has 1 aromatic rings. The molecular weight excluding hydrogens is 258 g/mol. The molecule has 82 valence electrons. The lowest BCUT2D eigenvalue weighted by atomic mass is 9.97. The van der Waals surface area contributed by atoms with Crippen molar-refractivity contribution in [2.24, 2.45) is 11.7 Å². The molecule has 3 nitrogen and oxygen atoms in total. The second-order valence-corrected chi connectivity index (χ2v) is 4.57. The first-order valence-electron chi connectivity index (χ1n) is 4.94. The van der Waals surface area contributed by atoms with Crippen molar-refractivity contribution in [3.63, 3.8) is 0 Å². The van der Waals surface area contributed by atoms with Crippen LogP contribution >= 0.6 is 15.9 Å². The van der Waals surface area contributed by atoms with Crippen molar-refractivity contribution in [2.75, 3.05) is 20.3 Å². The van der Waals surface area contributed by atoms with E-state index in [-0.39, 0.29) is 0 Å². The number of hydrogen-bond donors (Lipinski definition) is 1. The molecule has 15 heavy (non-hydrogen) atoms. The Hall–Kier alpha value is -0.740. The first kappa shape index (κ1) is 10.8. The molecule has 0 aliphatic carbocycles. The third kappa shape index (κ3) is 2.11. The van der Waals surface area contributed by atoms with Gasteiger partial charge in [-0.15, -0.1) is 0 Å². The summed E-state index contributed by atoms with van der Waals surface area (Å²) in [6.45, 7) is 1.36. The summed E-state index contributed by atoms with van der Waals surface area (Å²) in [6, 6.07) is 3.93. The number of fused-ring (bicyclic) bond motifs is 1. The van der Waals surface area contributed by atoms with Crippen molar-refractivity contribution >= 4 is 15.9 Å². The summed E-state index contributed by atoms with van der Waals surface area (Å²) >= 11 is 3.48. The number of halogens is 1. The van der Waals surface area contributed by atoms with Crippen LogP contribution in [0.15, 0.2) is 16.6 Å². The molecule has 0 radical (unpaired) electrons. The summed E-state index contributed by atoms with van der Waals surface area (Å²) in [4.78, 5) is 0. The summed E-state index contributed by atoms with van der Waals surface area (Å²) in [5, 5.41) is 0. The van der Waals surface area contributed by atoms with Gasteiger partial charge >= 0.3 is 0 Å². The van der Waals surface area contributed by atoms with Crippen LogP contribution in [0, 0.1) is 5.92 Å². The van der Waals surface area contributed by atoms with Crippen molar-refractivity contribution in [3.05, 3.63) is 22.2 Å². The summed E-state index contributed by atoms with van der Waals surface area (Å²) in [6.07, 6.45) is 0.960. The molecule has 1 aliphatic heterocycles. The fourth-order valence-corrected chi connectivity index (χ4v) is 2.37. The van der Waals surface area contributed by atoms with Crippen LogP contribution in [0.4, 0.5) is 0 Å². The van der Waals surface area contributed by atoms with E-state index in [0.29, 0.717) is 19.1 Å². The second kappa shape index (κ2) is 4.41. The van der Waals surface area contributed by atoms with Crippen LogP contribution < -0.4 is 15.2 Å². The zero-order chi connectivity index (χ0) is 10.8. The van der Waals surface area contributed by atoms with Crippen molar-refractivity contribution in [3.8, 4) is 11.5 Å². The predicted octanol–water partition coefficient (Wildman–Crippen LogP) is 1.97. The van der Waals surface area contributed by atoms with E-state index in [1.165, 1.54) is 5.56 Å². The van der Waals surface area contributed by atoms with Gasteiger partial charge in [0.25, 0.3) is 0 Å². The van der Waals surface area contributed by atoms with E-state index in [1.54, 1.807) is 7.11 Å². The third-order valence-corrected chi connectivity index (χ3v) is 3.22. The Labute approximate surface area is 97.7 Å². The minimum Gasteiger partial charge on any atom is -0.497 e. The van der Waals surface area contributed by atoms with Crippen LogP contribution in [0.5, 0.6) is 11.5 Å². The molecule has 0 saturated carbocycles.